The Morgan fingerprint density at radius 3 is 0.854 bits per heavy atom. The molecule has 0 spiro atoms. The van der Waals surface area contributed by atoms with Crippen LogP contribution in [0.4, 0.5) is 0 Å². The summed E-state index contributed by atoms with van der Waals surface area (Å²) in [6, 6.07) is 45.4. The molecule has 5 heteroatoms. The molecule has 5 aromatic carbocycles. The molecule has 5 nitrogen and oxygen atoms in total. The third-order valence-corrected chi connectivity index (χ3v) is 8.50. The SMILES string of the molecule is c1cncc(-c2cc(-c3cccc(-c4cccc(-c5cncnc5)c4)c3)cc(-c3cccc(-c4cccc(-c5cncnc5)c4)c3)c2)c1. The molecule has 0 atom stereocenters. The van der Waals surface area contributed by atoms with Crippen LogP contribution in [0.25, 0.3) is 77.9 Å². The average Bonchev–Trinajstić information content (AvgIpc) is 3.19. The lowest BCUT2D eigenvalue weighted by Gasteiger charge is -2.13. The standard InChI is InChI=1S/C43H29N5/c1-6-30(32-8-3-12-36(18-32)42-24-45-28-46-25-42)16-34(10-1)39-20-40(22-41(21-39)38-14-5-15-44-23-38)35-11-2-7-31(17-35)33-9-4-13-37(19-33)43-26-47-29-48-27-43/h1-29H. The van der Waals surface area contributed by atoms with Crippen molar-refractivity contribution >= 4 is 0 Å². The molecular weight excluding hydrogens is 587 g/mol. The molecule has 8 rings (SSSR count). The number of hydrogen-bond acceptors (Lipinski definition) is 5. The van der Waals surface area contributed by atoms with E-state index in [9.17, 15) is 0 Å². The second-order valence-corrected chi connectivity index (χ2v) is 11.6. The van der Waals surface area contributed by atoms with Crippen molar-refractivity contribution in [2.75, 3.05) is 0 Å². The fraction of sp³-hybridized carbons (Fsp3) is 0. The molecule has 3 heterocycles. The number of aromatic nitrogens is 5. The van der Waals surface area contributed by atoms with E-state index < -0.39 is 0 Å². The smallest absolute Gasteiger partial charge is 0.115 e. The first-order valence-electron chi connectivity index (χ1n) is 15.7. The number of pyridine rings is 1. The Balaban J connectivity index is 1.20. The van der Waals surface area contributed by atoms with Gasteiger partial charge in [0, 0.05) is 53.9 Å². The Bertz CT molecular complexity index is 2190. The molecule has 0 fully saturated rings. The van der Waals surface area contributed by atoms with Crippen LogP contribution < -0.4 is 0 Å². The summed E-state index contributed by atoms with van der Waals surface area (Å²) in [5.74, 6) is 0. The molecular formula is C43H29N5. The van der Waals surface area contributed by atoms with Crippen molar-refractivity contribution < 1.29 is 0 Å². The predicted molar refractivity (Wildman–Crippen MR) is 193 cm³/mol. The average molecular weight is 616 g/mol. The minimum Gasteiger partial charge on any atom is -0.264 e. The van der Waals surface area contributed by atoms with E-state index >= 15 is 0 Å². The van der Waals surface area contributed by atoms with Crippen LogP contribution in [0, 0.1) is 0 Å². The van der Waals surface area contributed by atoms with Gasteiger partial charge in [-0.3, -0.25) is 4.98 Å². The summed E-state index contributed by atoms with van der Waals surface area (Å²) in [4.78, 5) is 21.2. The van der Waals surface area contributed by atoms with Crippen molar-refractivity contribution in [1.29, 1.82) is 0 Å². The van der Waals surface area contributed by atoms with Crippen LogP contribution in [0.15, 0.2) is 177 Å². The molecule has 0 radical (unpaired) electrons. The zero-order valence-electron chi connectivity index (χ0n) is 26.0. The molecule has 0 N–H and O–H groups in total. The minimum absolute atomic E-state index is 0.993. The highest BCUT2D eigenvalue weighted by atomic mass is 14.8. The molecule has 0 aliphatic carbocycles. The van der Waals surface area contributed by atoms with E-state index in [1.54, 1.807) is 12.7 Å². The number of hydrogen-bond donors (Lipinski definition) is 0. The van der Waals surface area contributed by atoms with Crippen molar-refractivity contribution in [3.63, 3.8) is 0 Å². The summed E-state index contributed by atoms with van der Waals surface area (Å²) in [6.45, 7) is 0. The quantitative estimate of drug-likeness (QED) is 0.178. The van der Waals surface area contributed by atoms with Gasteiger partial charge in [-0.25, -0.2) is 19.9 Å². The Kier molecular flexibility index (Phi) is 7.83. The molecule has 48 heavy (non-hydrogen) atoms. The van der Waals surface area contributed by atoms with E-state index in [1.807, 2.05) is 43.2 Å². The predicted octanol–water partition coefficient (Wildman–Crippen LogP) is 10.3. The van der Waals surface area contributed by atoms with Gasteiger partial charge >= 0.3 is 0 Å². The van der Waals surface area contributed by atoms with Gasteiger partial charge < -0.3 is 0 Å². The van der Waals surface area contributed by atoms with Crippen LogP contribution in [0.2, 0.25) is 0 Å². The molecule has 0 bridgehead atoms. The van der Waals surface area contributed by atoms with Gasteiger partial charge in [0.25, 0.3) is 0 Å². The maximum absolute atomic E-state index is 4.42. The van der Waals surface area contributed by atoms with Gasteiger partial charge in [-0.1, -0.05) is 78.9 Å². The summed E-state index contributed by atoms with van der Waals surface area (Å²) in [7, 11) is 0. The lowest BCUT2D eigenvalue weighted by molar-refractivity contribution is 1.17. The van der Waals surface area contributed by atoms with E-state index in [-0.39, 0.29) is 0 Å². The van der Waals surface area contributed by atoms with E-state index in [2.05, 4.69) is 146 Å². The van der Waals surface area contributed by atoms with Gasteiger partial charge in [0.2, 0.25) is 0 Å². The van der Waals surface area contributed by atoms with Crippen molar-refractivity contribution in [3.8, 4) is 77.9 Å². The topological polar surface area (TPSA) is 64.5 Å². The van der Waals surface area contributed by atoms with Crippen molar-refractivity contribution in [2.45, 2.75) is 0 Å². The van der Waals surface area contributed by atoms with Crippen LogP contribution in [0.1, 0.15) is 0 Å². The van der Waals surface area contributed by atoms with E-state index in [0.29, 0.717) is 0 Å². The van der Waals surface area contributed by atoms with Crippen molar-refractivity contribution in [3.05, 3.63) is 177 Å². The van der Waals surface area contributed by atoms with E-state index in [0.717, 1.165) is 77.9 Å². The van der Waals surface area contributed by atoms with Gasteiger partial charge in [-0.05, 0) is 110 Å². The highest BCUT2D eigenvalue weighted by Gasteiger charge is 2.11. The minimum atomic E-state index is 0.993. The molecule has 0 aliphatic rings. The summed E-state index contributed by atoms with van der Waals surface area (Å²) < 4.78 is 0. The van der Waals surface area contributed by atoms with Gasteiger partial charge in [-0.15, -0.1) is 0 Å². The van der Waals surface area contributed by atoms with E-state index in [4.69, 9.17) is 0 Å². The summed E-state index contributed by atoms with van der Waals surface area (Å²) in [5.41, 5.74) is 15.5. The maximum atomic E-state index is 4.42. The molecule has 0 aliphatic heterocycles. The number of benzene rings is 5. The maximum Gasteiger partial charge on any atom is 0.115 e. The van der Waals surface area contributed by atoms with Gasteiger partial charge in [0.1, 0.15) is 12.7 Å². The molecule has 0 saturated heterocycles. The van der Waals surface area contributed by atoms with Gasteiger partial charge in [0.15, 0.2) is 0 Å². The number of rotatable bonds is 7. The second kappa shape index (κ2) is 13.0. The Labute approximate surface area is 279 Å². The largest absolute Gasteiger partial charge is 0.264 e. The van der Waals surface area contributed by atoms with Crippen LogP contribution in [0.5, 0.6) is 0 Å². The summed E-state index contributed by atoms with van der Waals surface area (Å²) in [6.07, 6.45) is 14.2. The highest BCUT2D eigenvalue weighted by Crippen LogP contribution is 2.36. The van der Waals surface area contributed by atoms with Gasteiger partial charge in [-0.2, -0.15) is 0 Å². The second-order valence-electron chi connectivity index (χ2n) is 11.6. The van der Waals surface area contributed by atoms with Crippen LogP contribution in [0.3, 0.4) is 0 Å². The fourth-order valence-electron chi connectivity index (χ4n) is 6.07. The normalized spacial score (nSPS) is 10.9. The molecule has 8 aromatic rings. The molecule has 0 saturated carbocycles. The zero-order chi connectivity index (χ0) is 32.1. The van der Waals surface area contributed by atoms with Crippen LogP contribution in [-0.2, 0) is 0 Å². The molecule has 0 amide bonds. The third kappa shape index (κ3) is 6.13. The van der Waals surface area contributed by atoms with Gasteiger partial charge in [0.05, 0.1) is 0 Å². The first kappa shape index (κ1) is 28.9. The van der Waals surface area contributed by atoms with Crippen LogP contribution in [-0.4, -0.2) is 24.9 Å². The van der Waals surface area contributed by atoms with Crippen molar-refractivity contribution in [1.82, 2.24) is 24.9 Å². The first-order valence-corrected chi connectivity index (χ1v) is 15.7. The Morgan fingerprint density at radius 2 is 0.500 bits per heavy atom. The van der Waals surface area contributed by atoms with Crippen LogP contribution >= 0.6 is 0 Å². The molecule has 3 aromatic heterocycles. The van der Waals surface area contributed by atoms with Crippen molar-refractivity contribution in [2.24, 2.45) is 0 Å². The first-order chi connectivity index (χ1) is 23.8. The fourth-order valence-corrected chi connectivity index (χ4v) is 6.07. The number of nitrogens with zero attached hydrogens (tertiary/aromatic N) is 5. The lowest BCUT2D eigenvalue weighted by Crippen LogP contribution is -1.89. The summed E-state index contributed by atoms with van der Waals surface area (Å²) >= 11 is 0. The summed E-state index contributed by atoms with van der Waals surface area (Å²) in [5, 5.41) is 0. The zero-order valence-corrected chi connectivity index (χ0v) is 26.0. The highest BCUT2D eigenvalue weighted by molar-refractivity contribution is 5.85. The van der Waals surface area contributed by atoms with E-state index in [1.165, 1.54) is 0 Å². The lowest BCUT2D eigenvalue weighted by atomic mass is 9.91. The Morgan fingerprint density at radius 1 is 0.229 bits per heavy atom. The third-order valence-electron chi connectivity index (χ3n) is 8.50. The molecule has 226 valence electrons. The monoisotopic (exact) mass is 615 g/mol. The molecule has 0 unspecified atom stereocenters. The Hall–Kier alpha value is -6.59.